The molecule has 0 radical (unpaired) electrons. The van der Waals surface area contributed by atoms with Gasteiger partial charge in [-0.05, 0) is 38.0 Å². The molecule has 198 valence electrons. The highest BCUT2D eigenvalue weighted by atomic mass is 16.5. The predicted octanol–water partition coefficient (Wildman–Crippen LogP) is 2.55. The second kappa shape index (κ2) is 12.6. The van der Waals surface area contributed by atoms with Crippen molar-refractivity contribution < 1.29 is 28.6 Å². The molecule has 0 bridgehead atoms. The fourth-order valence-corrected chi connectivity index (χ4v) is 4.72. The van der Waals surface area contributed by atoms with E-state index in [1.165, 1.54) is 0 Å². The van der Waals surface area contributed by atoms with Gasteiger partial charge in [0, 0.05) is 57.5 Å². The first-order chi connectivity index (χ1) is 17.4. The molecule has 2 heterocycles. The zero-order chi connectivity index (χ0) is 26.2. The number of nitrogens with one attached hydrogen (secondary N) is 1. The molecular formula is C26H38N4O6. The number of amides is 3. The number of nitrogens with zero attached hydrogens (tertiary/aromatic N) is 3. The lowest BCUT2D eigenvalue weighted by Gasteiger charge is -2.38. The van der Waals surface area contributed by atoms with Crippen molar-refractivity contribution in [2.45, 2.75) is 39.7 Å². The van der Waals surface area contributed by atoms with Crippen LogP contribution in [0.1, 0.15) is 45.2 Å². The fraction of sp³-hybridized carbons (Fsp3) is 0.577. The molecule has 3 rings (SSSR count). The number of urea groups is 1. The van der Waals surface area contributed by atoms with E-state index in [0.717, 1.165) is 13.0 Å². The molecule has 1 aromatic carbocycles. The summed E-state index contributed by atoms with van der Waals surface area (Å²) in [5.74, 6) is 0.766. The van der Waals surface area contributed by atoms with Crippen LogP contribution in [0, 0.1) is 0 Å². The Labute approximate surface area is 213 Å². The molecule has 1 saturated heterocycles. The number of methoxy groups -OCH3 is 2. The lowest BCUT2D eigenvalue weighted by Crippen LogP contribution is -2.51. The second-order valence-corrected chi connectivity index (χ2v) is 8.72. The Hall–Kier alpha value is -3.27. The van der Waals surface area contributed by atoms with E-state index in [0.29, 0.717) is 67.5 Å². The highest BCUT2D eigenvalue weighted by Crippen LogP contribution is 2.35. The molecule has 0 saturated carbocycles. The van der Waals surface area contributed by atoms with Crippen LogP contribution >= 0.6 is 0 Å². The van der Waals surface area contributed by atoms with E-state index in [4.69, 9.17) is 14.2 Å². The zero-order valence-corrected chi connectivity index (χ0v) is 22.0. The Kier molecular flexibility index (Phi) is 9.58. The second-order valence-electron chi connectivity index (χ2n) is 8.72. The van der Waals surface area contributed by atoms with Crippen molar-refractivity contribution in [2.24, 2.45) is 0 Å². The number of hydrogen-bond acceptors (Lipinski definition) is 7. The molecule has 2 aliphatic rings. The van der Waals surface area contributed by atoms with Gasteiger partial charge in [-0.1, -0.05) is 6.92 Å². The SMILES string of the molecule is CCOC(=O)C1=C(CN2CCCN(C(=O)CC)CC2)N(CC)C(=O)NC1c1cc(OC)cc(OC)c1. The summed E-state index contributed by atoms with van der Waals surface area (Å²) in [7, 11) is 3.10. The molecule has 1 unspecified atom stereocenters. The van der Waals surface area contributed by atoms with Gasteiger partial charge in [0.15, 0.2) is 0 Å². The molecular weight excluding hydrogens is 464 g/mol. The zero-order valence-electron chi connectivity index (χ0n) is 22.0. The van der Waals surface area contributed by atoms with Crippen LogP contribution in [0.2, 0.25) is 0 Å². The van der Waals surface area contributed by atoms with Crippen LogP contribution in [0.3, 0.4) is 0 Å². The van der Waals surface area contributed by atoms with Crippen molar-refractivity contribution in [3.05, 3.63) is 35.0 Å². The van der Waals surface area contributed by atoms with Gasteiger partial charge in [-0.2, -0.15) is 0 Å². The average Bonchev–Trinajstić information content (AvgIpc) is 3.13. The standard InChI is InChI=1S/C26H38N4O6/c1-6-22(31)29-11-9-10-28(12-13-29)17-21-23(25(32)36-8-3)24(27-26(33)30(21)7-2)18-14-19(34-4)16-20(15-18)35-5/h14-16,24H,6-13,17H2,1-5H3,(H,27,33). The summed E-state index contributed by atoms with van der Waals surface area (Å²) < 4.78 is 16.3. The van der Waals surface area contributed by atoms with E-state index in [2.05, 4.69) is 10.2 Å². The Morgan fingerprint density at radius 3 is 2.28 bits per heavy atom. The van der Waals surface area contributed by atoms with Gasteiger partial charge in [0.05, 0.1) is 32.4 Å². The molecule has 36 heavy (non-hydrogen) atoms. The van der Waals surface area contributed by atoms with E-state index in [-0.39, 0.29) is 18.5 Å². The van der Waals surface area contributed by atoms with E-state index in [1.807, 2.05) is 18.7 Å². The van der Waals surface area contributed by atoms with Crippen LogP contribution in [0.25, 0.3) is 0 Å². The maximum Gasteiger partial charge on any atom is 0.338 e. The Bertz CT molecular complexity index is 972. The summed E-state index contributed by atoms with van der Waals surface area (Å²) in [4.78, 5) is 44.5. The summed E-state index contributed by atoms with van der Waals surface area (Å²) >= 11 is 0. The first-order valence-electron chi connectivity index (χ1n) is 12.6. The summed E-state index contributed by atoms with van der Waals surface area (Å²) in [6.45, 7) is 9.23. The molecule has 0 spiro atoms. The topological polar surface area (TPSA) is 101 Å². The largest absolute Gasteiger partial charge is 0.497 e. The van der Waals surface area contributed by atoms with Gasteiger partial charge in [-0.25, -0.2) is 9.59 Å². The van der Waals surface area contributed by atoms with E-state index < -0.39 is 12.0 Å². The number of hydrogen-bond donors (Lipinski definition) is 1. The van der Waals surface area contributed by atoms with Gasteiger partial charge in [0.1, 0.15) is 11.5 Å². The molecule has 0 aromatic heterocycles. The number of likely N-dealkylation sites (N-methyl/N-ethyl adjacent to an activating group) is 1. The Morgan fingerprint density at radius 2 is 1.69 bits per heavy atom. The Balaban J connectivity index is 2.05. The average molecular weight is 503 g/mol. The molecule has 0 aliphatic carbocycles. The molecule has 3 amide bonds. The first-order valence-corrected chi connectivity index (χ1v) is 12.6. The van der Waals surface area contributed by atoms with Crippen molar-refractivity contribution >= 4 is 17.9 Å². The van der Waals surface area contributed by atoms with E-state index in [1.54, 1.807) is 44.2 Å². The molecule has 1 aromatic rings. The van der Waals surface area contributed by atoms with Gasteiger partial charge in [0.2, 0.25) is 5.91 Å². The van der Waals surface area contributed by atoms with Crippen LogP contribution in [0.4, 0.5) is 4.79 Å². The third-order valence-electron chi connectivity index (χ3n) is 6.57. The molecule has 10 nitrogen and oxygen atoms in total. The minimum Gasteiger partial charge on any atom is -0.497 e. The molecule has 1 N–H and O–H groups in total. The first kappa shape index (κ1) is 27.3. The normalized spacial score (nSPS) is 19.0. The van der Waals surface area contributed by atoms with Crippen molar-refractivity contribution in [1.29, 1.82) is 0 Å². The molecule has 10 heteroatoms. The lowest BCUT2D eigenvalue weighted by molar-refractivity contribution is -0.139. The fourth-order valence-electron chi connectivity index (χ4n) is 4.72. The summed E-state index contributed by atoms with van der Waals surface area (Å²) in [6.07, 6.45) is 1.30. The number of rotatable bonds is 9. The lowest BCUT2D eigenvalue weighted by atomic mass is 9.93. The minimum atomic E-state index is -0.733. The minimum absolute atomic E-state index is 0.141. The van der Waals surface area contributed by atoms with Gasteiger partial charge < -0.3 is 24.4 Å². The smallest absolute Gasteiger partial charge is 0.338 e. The molecule has 2 aliphatic heterocycles. The maximum atomic E-state index is 13.4. The number of carbonyl (C=O) groups is 3. The molecule has 1 atom stereocenters. The van der Waals surface area contributed by atoms with Gasteiger partial charge in [-0.3, -0.25) is 14.6 Å². The number of esters is 1. The van der Waals surface area contributed by atoms with Gasteiger partial charge >= 0.3 is 12.0 Å². The van der Waals surface area contributed by atoms with Gasteiger partial charge in [-0.15, -0.1) is 0 Å². The number of benzene rings is 1. The van der Waals surface area contributed by atoms with Crippen molar-refractivity contribution in [3.63, 3.8) is 0 Å². The van der Waals surface area contributed by atoms with Gasteiger partial charge in [0.25, 0.3) is 0 Å². The predicted molar refractivity (Wildman–Crippen MR) is 135 cm³/mol. The van der Waals surface area contributed by atoms with E-state index >= 15 is 0 Å². The van der Waals surface area contributed by atoms with Crippen LogP contribution in [-0.4, -0.2) is 92.7 Å². The third-order valence-corrected chi connectivity index (χ3v) is 6.57. The van der Waals surface area contributed by atoms with Crippen molar-refractivity contribution in [2.75, 3.05) is 60.1 Å². The van der Waals surface area contributed by atoms with Crippen LogP contribution in [0.15, 0.2) is 29.5 Å². The number of carbonyl (C=O) groups excluding carboxylic acids is 3. The quantitative estimate of drug-likeness (QED) is 0.518. The summed E-state index contributed by atoms with van der Waals surface area (Å²) in [5.41, 5.74) is 1.66. The maximum absolute atomic E-state index is 13.4. The third kappa shape index (κ3) is 6.10. The summed E-state index contributed by atoms with van der Waals surface area (Å²) in [5, 5.41) is 2.98. The van der Waals surface area contributed by atoms with Crippen LogP contribution in [-0.2, 0) is 14.3 Å². The van der Waals surface area contributed by atoms with Crippen molar-refractivity contribution in [3.8, 4) is 11.5 Å². The number of ether oxygens (including phenoxy) is 3. The summed E-state index contributed by atoms with van der Waals surface area (Å²) in [6, 6.07) is 4.29. The highest BCUT2D eigenvalue weighted by Gasteiger charge is 2.38. The van der Waals surface area contributed by atoms with E-state index in [9.17, 15) is 14.4 Å². The van der Waals surface area contributed by atoms with Crippen LogP contribution < -0.4 is 14.8 Å². The monoisotopic (exact) mass is 502 g/mol. The molecule has 1 fully saturated rings. The van der Waals surface area contributed by atoms with Crippen LogP contribution in [0.5, 0.6) is 11.5 Å². The van der Waals surface area contributed by atoms with Crippen molar-refractivity contribution in [1.82, 2.24) is 20.0 Å². The highest BCUT2D eigenvalue weighted by molar-refractivity contribution is 5.95. The Morgan fingerprint density at radius 1 is 1.00 bits per heavy atom.